The van der Waals surface area contributed by atoms with Crippen molar-refractivity contribution in [3.05, 3.63) is 0 Å². The second-order valence-electron chi connectivity index (χ2n) is 6.06. The summed E-state index contributed by atoms with van der Waals surface area (Å²) in [6.45, 7) is 4.26. The zero-order valence-corrected chi connectivity index (χ0v) is 10.3. The second-order valence-corrected chi connectivity index (χ2v) is 6.06. The summed E-state index contributed by atoms with van der Waals surface area (Å²) < 4.78 is 0. The monoisotopic (exact) mass is 224 g/mol. The van der Waals surface area contributed by atoms with E-state index in [1.54, 1.807) is 0 Å². The number of nitrogens with zero attached hydrogens (tertiary/aromatic N) is 1. The van der Waals surface area contributed by atoms with Crippen LogP contribution in [0.25, 0.3) is 0 Å². The Morgan fingerprint density at radius 2 is 2.06 bits per heavy atom. The van der Waals surface area contributed by atoms with Crippen LogP contribution >= 0.6 is 0 Å². The van der Waals surface area contributed by atoms with Gasteiger partial charge in [0.25, 0.3) is 0 Å². The van der Waals surface area contributed by atoms with Crippen LogP contribution in [0.2, 0.25) is 0 Å². The SMILES string of the molecule is CC1CC(O)(C2CCCCN2)CN1C1CC1. The van der Waals surface area contributed by atoms with Crippen LogP contribution in [0, 0.1) is 0 Å². The number of hydrogen-bond donors (Lipinski definition) is 2. The zero-order chi connectivity index (χ0) is 11.2. The summed E-state index contributed by atoms with van der Waals surface area (Å²) in [5.41, 5.74) is -0.456. The van der Waals surface area contributed by atoms with E-state index in [0.717, 1.165) is 32.0 Å². The molecule has 3 heteroatoms. The van der Waals surface area contributed by atoms with Gasteiger partial charge in [-0.2, -0.15) is 0 Å². The molecule has 0 spiro atoms. The lowest BCUT2D eigenvalue weighted by atomic mass is 9.86. The van der Waals surface area contributed by atoms with Crippen molar-refractivity contribution in [2.24, 2.45) is 0 Å². The molecule has 3 fully saturated rings. The minimum absolute atomic E-state index is 0.340. The number of aliphatic hydroxyl groups is 1. The Kier molecular flexibility index (Phi) is 2.73. The molecule has 1 saturated carbocycles. The Labute approximate surface area is 98.2 Å². The molecule has 1 aliphatic carbocycles. The smallest absolute Gasteiger partial charge is 0.0941 e. The van der Waals surface area contributed by atoms with Crippen LogP contribution in [0.1, 0.15) is 45.4 Å². The Morgan fingerprint density at radius 3 is 2.69 bits per heavy atom. The lowest BCUT2D eigenvalue weighted by Gasteiger charge is -2.36. The Hall–Kier alpha value is -0.120. The van der Waals surface area contributed by atoms with Gasteiger partial charge in [0.1, 0.15) is 0 Å². The predicted octanol–water partition coefficient (Wildman–Crippen LogP) is 1.12. The van der Waals surface area contributed by atoms with Crippen molar-refractivity contribution < 1.29 is 5.11 Å². The maximum absolute atomic E-state index is 10.8. The molecule has 3 atom stereocenters. The van der Waals surface area contributed by atoms with E-state index in [9.17, 15) is 5.11 Å². The molecule has 16 heavy (non-hydrogen) atoms. The Morgan fingerprint density at radius 1 is 1.25 bits per heavy atom. The first-order valence-corrected chi connectivity index (χ1v) is 6.90. The van der Waals surface area contributed by atoms with Crippen molar-refractivity contribution in [2.75, 3.05) is 13.1 Å². The molecule has 2 N–H and O–H groups in total. The van der Waals surface area contributed by atoms with Gasteiger partial charge in [0.2, 0.25) is 0 Å². The fourth-order valence-corrected chi connectivity index (χ4v) is 3.62. The van der Waals surface area contributed by atoms with Gasteiger partial charge in [0.05, 0.1) is 5.60 Å². The first-order chi connectivity index (χ1) is 7.69. The third kappa shape index (κ3) is 1.89. The van der Waals surface area contributed by atoms with Crippen LogP contribution in [-0.2, 0) is 0 Å². The van der Waals surface area contributed by atoms with E-state index in [0.29, 0.717) is 12.1 Å². The summed E-state index contributed by atoms with van der Waals surface area (Å²) in [6, 6.07) is 1.70. The van der Waals surface area contributed by atoms with Crippen LogP contribution < -0.4 is 5.32 Å². The molecular formula is C13H24N2O. The number of hydrogen-bond acceptors (Lipinski definition) is 3. The van der Waals surface area contributed by atoms with Gasteiger partial charge in [-0.3, -0.25) is 4.90 Å². The fourth-order valence-electron chi connectivity index (χ4n) is 3.62. The van der Waals surface area contributed by atoms with E-state index < -0.39 is 5.60 Å². The quantitative estimate of drug-likeness (QED) is 0.738. The number of nitrogens with one attached hydrogen (secondary N) is 1. The molecule has 0 amide bonds. The molecule has 0 aromatic heterocycles. The molecule has 0 aromatic carbocycles. The largest absolute Gasteiger partial charge is 0.387 e. The molecule has 0 radical (unpaired) electrons. The predicted molar refractivity (Wildman–Crippen MR) is 64.4 cm³/mol. The summed E-state index contributed by atoms with van der Waals surface area (Å²) in [6.07, 6.45) is 7.35. The number of piperidine rings is 1. The summed E-state index contributed by atoms with van der Waals surface area (Å²) >= 11 is 0. The average molecular weight is 224 g/mol. The van der Waals surface area contributed by atoms with E-state index in [1.165, 1.54) is 25.7 Å². The van der Waals surface area contributed by atoms with Gasteiger partial charge < -0.3 is 10.4 Å². The number of likely N-dealkylation sites (tertiary alicyclic amines) is 1. The lowest BCUT2D eigenvalue weighted by molar-refractivity contribution is 0.00119. The zero-order valence-electron chi connectivity index (χ0n) is 10.3. The molecule has 3 nitrogen and oxygen atoms in total. The summed E-state index contributed by atoms with van der Waals surface area (Å²) in [5.74, 6) is 0. The highest BCUT2D eigenvalue weighted by Crippen LogP contribution is 2.39. The van der Waals surface area contributed by atoms with Crippen LogP contribution in [0.3, 0.4) is 0 Å². The molecule has 2 aliphatic heterocycles. The topological polar surface area (TPSA) is 35.5 Å². The number of rotatable bonds is 2. The molecule has 2 heterocycles. The molecule has 3 unspecified atom stereocenters. The Balaban J connectivity index is 1.68. The van der Waals surface area contributed by atoms with E-state index in [4.69, 9.17) is 0 Å². The van der Waals surface area contributed by atoms with Gasteiger partial charge >= 0.3 is 0 Å². The standard InChI is InChI=1S/C13H24N2O/c1-10-8-13(16,9-15(10)11-5-6-11)12-4-2-3-7-14-12/h10-12,14,16H,2-9H2,1H3. The van der Waals surface area contributed by atoms with Crippen LogP contribution in [0.15, 0.2) is 0 Å². The molecule has 0 aromatic rings. The van der Waals surface area contributed by atoms with Gasteiger partial charge in [0, 0.05) is 24.7 Å². The maximum Gasteiger partial charge on any atom is 0.0941 e. The highest BCUT2D eigenvalue weighted by atomic mass is 16.3. The van der Waals surface area contributed by atoms with Gasteiger partial charge in [-0.15, -0.1) is 0 Å². The van der Waals surface area contributed by atoms with Crippen molar-refractivity contribution in [2.45, 2.75) is 69.2 Å². The van der Waals surface area contributed by atoms with Gasteiger partial charge in [-0.1, -0.05) is 6.42 Å². The third-order valence-corrected chi connectivity index (χ3v) is 4.65. The van der Waals surface area contributed by atoms with Crippen molar-refractivity contribution in [3.8, 4) is 0 Å². The van der Waals surface area contributed by atoms with Gasteiger partial charge in [-0.25, -0.2) is 0 Å². The normalized spacial score (nSPS) is 46.1. The minimum atomic E-state index is -0.456. The lowest BCUT2D eigenvalue weighted by Crippen LogP contribution is -2.54. The molecule has 92 valence electrons. The highest BCUT2D eigenvalue weighted by Gasteiger charge is 2.49. The molecule has 3 aliphatic rings. The van der Waals surface area contributed by atoms with Crippen LogP contribution in [0.5, 0.6) is 0 Å². The van der Waals surface area contributed by atoms with Crippen molar-refractivity contribution in [1.29, 1.82) is 0 Å². The van der Waals surface area contributed by atoms with Gasteiger partial charge in [-0.05, 0) is 45.6 Å². The average Bonchev–Trinajstić information content (AvgIpc) is 3.07. The molecule has 0 bridgehead atoms. The van der Waals surface area contributed by atoms with Crippen LogP contribution in [-0.4, -0.2) is 46.8 Å². The highest BCUT2D eigenvalue weighted by molar-refractivity contribution is 5.06. The molecule has 3 rings (SSSR count). The minimum Gasteiger partial charge on any atom is -0.387 e. The van der Waals surface area contributed by atoms with E-state index >= 15 is 0 Å². The first-order valence-electron chi connectivity index (χ1n) is 6.90. The first kappa shape index (κ1) is 11.0. The van der Waals surface area contributed by atoms with Crippen molar-refractivity contribution >= 4 is 0 Å². The van der Waals surface area contributed by atoms with Crippen molar-refractivity contribution in [3.63, 3.8) is 0 Å². The summed E-state index contributed by atoms with van der Waals surface area (Å²) in [5, 5.41) is 14.4. The summed E-state index contributed by atoms with van der Waals surface area (Å²) in [7, 11) is 0. The second kappa shape index (κ2) is 3.97. The Bertz CT molecular complexity index is 261. The molecule has 2 saturated heterocycles. The van der Waals surface area contributed by atoms with E-state index in [1.807, 2.05) is 0 Å². The van der Waals surface area contributed by atoms with Crippen molar-refractivity contribution in [1.82, 2.24) is 10.2 Å². The maximum atomic E-state index is 10.8. The number of β-amino-alcohol motifs (C(OH)–C–C–N with tert-alkyl or cyclic N) is 1. The summed E-state index contributed by atoms with van der Waals surface area (Å²) in [4.78, 5) is 2.54. The van der Waals surface area contributed by atoms with E-state index in [-0.39, 0.29) is 0 Å². The van der Waals surface area contributed by atoms with E-state index in [2.05, 4.69) is 17.1 Å². The fraction of sp³-hybridized carbons (Fsp3) is 1.00. The molecular weight excluding hydrogens is 200 g/mol. The van der Waals surface area contributed by atoms with Crippen LogP contribution in [0.4, 0.5) is 0 Å². The van der Waals surface area contributed by atoms with Gasteiger partial charge in [0.15, 0.2) is 0 Å². The third-order valence-electron chi connectivity index (χ3n) is 4.65.